The molecule has 1 heterocycles. The topological polar surface area (TPSA) is 34.0 Å². The van der Waals surface area contributed by atoms with Gasteiger partial charge in [-0.1, -0.05) is 42.8 Å². The van der Waals surface area contributed by atoms with Gasteiger partial charge in [0.25, 0.3) is 0 Å². The lowest BCUT2D eigenvalue weighted by molar-refractivity contribution is -0.120. The van der Waals surface area contributed by atoms with E-state index in [4.69, 9.17) is 0 Å². The van der Waals surface area contributed by atoms with Gasteiger partial charge in [-0.3, -0.25) is 4.79 Å². The molecule has 0 atom stereocenters. The van der Waals surface area contributed by atoms with Crippen molar-refractivity contribution in [2.45, 2.75) is 32.2 Å². The highest BCUT2D eigenvalue weighted by Gasteiger charge is 2.08. The zero-order chi connectivity index (χ0) is 15.4. The summed E-state index contributed by atoms with van der Waals surface area (Å²) >= 11 is 0. The fourth-order valence-corrected chi connectivity index (χ4v) is 3.10. The number of aryl methyl sites for hydroxylation is 1. The molecule has 1 aromatic heterocycles. The molecule has 3 aromatic rings. The smallest absolute Gasteiger partial charge is 0.219 e. The highest BCUT2D eigenvalue weighted by Crippen LogP contribution is 2.29. The van der Waals surface area contributed by atoms with Crippen molar-refractivity contribution in [3.05, 3.63) is 48.5 Å². The number of hydrogen-bond acceptors (Lipinski definition) is 1. The molecule has 0 saturated heterocycles. The molecule has 1 N–H and O–H groups in total. The van der Waals surface area contributed by atoms with Crippen molar-refractivity contribution in [3.8, 4) is 0 Å². The van der Waals surface area contributed by atoms with Crippen LogP contribution in [0.25, 0.3) is 21.8 Å². The molecule has 0 fully saturated rings. The van der Waals surface area contributed by atoms with E-state index in [-0.39, 0.29) is 5.91 Å². The van der Waals surface area contributed by atoms with Crippen LogP contribution in [0.3, 0.4) is 0 Å². The van der Waals surface area contributed by atoms with E-state index in [1.165, 1.54) is 21.8 Å². The van der Waals surface area contributed by atoms with Crippen molar-refractivity contribution in [2.75, 3.05) is 7.05 Å². The minimum Gasteiger partial charge on any atom is -0.359 e. The first-order valence-electron chi connectivity index (χ1n) is 7.98. The van der Waals surface area contributed by atoms with Gasteiger partial charge in [-0.05, 0) is 25.0 Å². The van der Waals surface area contributed by atoms with Gasteiger partial charge in [0.15, 0.2) is 0 Å². The van der Waals surface area contributed by atoms with Gasteiger partial charge in [0.2, 0.25) is 5.91 Å². The molecule has 0 aliphatic rings. The minimum absolute atomic E-state index is 0.136. The number of rotatable bonds is 6. The Labute approximate surface area is 130 Å². The number of fused-ring (bicyclic) bond motifs is 3. The predicted molar refractivity (Wildman–Crippen MR) is 92.0 cm³/mol. The number of unbranched alkanes of at least 4 members (excludes halogenated alkanes) is 2. The number of nitrogens with one attached hydrogen (secondary N) is 1. The SMILES string of the molecule is CNC(=O)CCCCCn1c2ccccc2c2ccccc21. The first-order chi connectivity index (χ1) is 10.8. The lowest BCUT2D eigenvalue weighted by atomic mass is 10.2. The Morgan fingerprint density at radius 2 is 1.50 bits per heavy atom. The fraction of sp³-hybridized carbons (Fsp3) is 0.316. The summed E-state index contributed by atoms with van der Waals surface area (Å²) in [6.07, 6.45) is 3.76. The summed E-state index contributed by atoms with van der Waals surface area (Å²) in [6.45, 7) is 1.00. The zero-order valence-electron chi connectivity index (χ0n) is 13.0. The van der Waals surface area contributed by atoms with Gasteiger partial charge in [0, 0.05) is 41.8 Å². The van der Waals surface area contributed by atoms with Gasteiger partial charge in [-0.25, -0.2) is 0 Å². The Morgan fingerprint density at radius 3 is 2.09 bits per heavy atom. The van der Waals surface area contributed by atoms with E-state index >= 15 is 0 Å². The summed E-state index contributed by atoms with van der Waals surface area (Å²) in [5.41, 5.74) is 2.60. The van der Waals surface area contributed by atoms with E-state index in [9.17, 15) is 4.79 Å². The molecule has 3 rings (SSSR count). The highest BCUT2D eigenvalue weighted by molar-refractivity contribution is 6.07. The van der Waals surface area contributed by atoms with Crippen LogP contribution < -0.4 is 5.32 Å². The zero-order valence-corrected chi connectivity index (χ0v) is 13.0. The van der Waals surface area contributed by atoms with E-state index < -0.39 is 0 Å². The van der Waals surface area contributed by atoms with Gasteiger partial charge in [0.05, 0.1) is 0 Å². The molecule has 114 valence electrons. The largest absolute Gasteiger partial charge is 0.359 e. The van der Waals surface area contributed by atoms with E-state index in [0.29, 0.717) is 6.42 Å². The molecule has 0 spiro atoms. The highest BCUT2D eigenvalue weighted by atomic mass is 16.1. The first kappa shape index (κ1) is 14.6. The molecule has 1 amide bonds. The minimum atomic E-state index is 0.136. The number of amides is 1. The second-order valence-corrected chi connectivity index (χ2v) is 5.67. The molecule has 0 bridgehead atoms. The van der Waals surface area contributed by atoms with E-state index in [1.54, 1.807) is 7.05 Å². The third kappa shape index (κ3) is 2.84. The third-order valence-corrected chi connectivity index (χ3v) is 4.24. The number of nitrogens with zero attached hydrogens (tertiary/aromatic N) is 1. The van der Waals surface area contributed by atoms with Crippen molar-refractivity contribution >= 4 is 27.7 Å². The Morgan fingerprint density at radius 1 is 0.909 bits per heavy atom. The van der Waals surface area contributed by atoms with Crippen molar-refractivity contribution in [2.24, 2.45) is 0 Å². The quantitative estimate of drug-likeness (QED) is 0.682. The van der Waals surface area contributed by atoms with Crippen molar-refractivity contribution in [1.82, 2.24) is 9.88 Å². The normalized spacial score (nSPS) is 11.1. The van der Waals surface area contributed by atoms with Crippen LogP contribution in [-0.2, 0) is 11.3 Å². The average molecular weight is 294 g/mol. The summed E-state index contributed by atoms with van der Waals surface area (Å²) in [5.74, 6) is 0.136. The molecule has 0 aliphatic carbocycles. The second kappa shape index (κ2) is 6.65. The number of para-hydroxylation sites is 2. The van der Waals surface area contributed by atoms with Crippen molar-refractivity contribution in [3.63, 3.8) is 0 Å². The van der Waals surface area contributed by atoms with Gasteiger partial charge >= 0.3 is 0 Å². The summed E-state index contributed by atoms with van der Waals surface area (Å²) in [4.78, 5) is 11.2. The van der Waals surface area contributed by atoms with Crippen LogP contribution in [0.5, 0.6) is 0 Å². The predicted octanol–water partition coefficient (Wildman–Crippen LogP) is 4.10. The number of aromatic nitrogens is 1. The van der Waals surface area contributed by atoms with Crippen molar-refractivity contribution < 1.29 is 4.79 Å². The summed E-state index contributed by atoms with van der Waals surface area (Å²) in [5, 5.41) is 5.32. The molecular formula is C19H22N2O. The molecule has 0 unspecified atom stereocenters. The molecule has 3 heteroatoms. The molecule has 0 saturated carbocycles. The van der Waals surface area contributed by atoms with E-state index in [2.05, 4.69) is 58.4 Å². The van der Waals surface area contributed by atoms with Crippen LogP contribution >= 0.6 is 0 Å². The maximum atomic E-state index is 11.2. The summed E-state index contributed by atoms with van der Waals surface area (Å²) in [7, 11) is 1.69. The molecule has 2 aromatic carbocycles. The van der Waals surface area contributed by atoms with E-state index in [0.717, 1.165) is 25.8 Å². The third-order valence-electron chi connectivity index (χ3n) is 4.24. The number of carbonyl (C=O) groups is 1. The number of carbonyl (C=O) groups excluding carboxylic acids is 1. The maximum absolute atomic E-state index is 11.2. The number of hydrogen-bond donors (Lipinski definition) is 1. The Bertz CT molecular complexity index is 735. The van der Waals surface area contributed by atoms with Crippen LogP contribution in [-0.4, -0.2) is 17.5 Å². The van der Waals surface area contributed by atoms with Gasteiger partial charge in [-0.15, -0.1) is 0 Å². The monoisotopic (exact) mass is 294 g/mol. The van der Waals surface area contributed by atoms with Gasteiger partial charge in [0.1, 0.15) is 0 Å². The van der Waals surface area contributed by atoms with Crippen LogP contribution in [0, 0.1) is 0 Å². The summed E-state index contributed by atoms with van der Waals surface area (Å²) < 4.78 is 2.41. The van der Waals surface area contributed by atoms with Gasteiger partial charge < -0.3 is 9.88 Å². The molecule has 0 radical (unpaired) electrons. The Kier molecular flexibility index (Phi) is 4.42. The number of benzene rings is 2. The lowest BCUT2D eigenvalue weighted by Gasteiger charge is -2.07. The maximum Gasteiger partial charge on any atom is 0.219 e. The standard InChI is InChI=1S/C19H22N2O/c1-20-19(22)13-3-2-8-14-21-17-11-6-4-9-15(17)16-10-5-7-12-18(16)21/h4-7,9-12H,2-3,8,13-14H2,1H3,(H,20,22). The van der Waals surface area contributed by atoms with Crippen molar-refractivity contribution in [1.29, 1.82) is 0 Å². The van der Waals surface area contributed by atoms with Gasteiger partial charge in [-0.2, -0.15) is 0 Å². The Hall–Kier alpha value is -2.29. The molecule has 3 nitrogen and oxygen atoms in total. The first-order valence-corrected chi connectivity index (χ1v) is 7.98. The summed E-state index contributed by atoms with van der Waals surface area (Å²) in [6, 6.07) is 17.2. The molecule has 22 heavy (non-hydrogen) atoms. The van der Waals surface area contributed by atoms with E-state index in [1.807, 2.05) is 0 Å². The van der Waals surface area contributed by atoms with Crippen LogP contribution in [0.2, 0.25) is 0 Å². The average Bonchev–Trinajstić information content (AvgIpc) is 2.89. The molecule has 0 aliphatic heterocycles. The Balaban J connectivity index is 1.76. The molecular weight excluding hydrogens is 272 g/mol. The fourth-order valence-electron chi connectivity index (χ4n) is 3.10. The lowest BCUT2D eigenvalue weighted by Crippen LogP contribution is -2.16. The second-order valence-electron chi connectivity index (χ2n) is 5.67. The van der Waals surface area contributed by atoms with Crippen LogP contribution in [0.4, 0.5) is 0 Å². The van der Waals surface area contributed by atoms with Crippen LogP contribution in [0.1, 0.15) is 25.7 Å². The van der Waals surface area contributed by atoms with Crippen LogP contribution in [0.15, 0.2) is 48.5 Å².